The number of hydrogen-bond acceptors (Lipinski definition) is 4. The van der Waals surface area contributed by atoms with Gasteiger partial charge in [0, 0.05) is 20.1 Å². The number of nitrogens with one attached hydrogen (secondary N) is 1. The topological polar surface area (TPSA) is 67.1 Å². The summed E-state index contributed by atoms with van der Waals surface area (Å²) < 4.78 is 10.4. The van der Waals surface area contributed by atoms with Crippen LogP contribution in [0.3, 0.4) is 0 Å². The standard InChI is InChI=1S/C21H25N3O3.HI/c1-15-19(20(25)26-3)13-18(27-15)14-23-21(22-2)24-11-9-17(10-12-24)16-7-5-4-6-8-16;/h4-9,13H,10-12,14H2,1-3H3,(H,22,23);1H. The Morgan fingerprint density at radius 3 is 2.68 bits per heavy atom. The molecule has 1 aliphatic heterocycles. The summed E-state index contributed by atoms with van der Waals surface area (Å²) in [5.74, 6) is 1.65. The van der Waals surface area contributed by atoms with Crippen molar-refractivity contribution in [2.45, 2.75) is 19.9 Å². The van der Waals surface area contributed by atoms with Crippen molar-refractivity contribution in [2.75, 3.05) is 27.2 Å². The number of furan rings is 1. The van der Waals surface area contributed by atoms with Crippen molar-refractivity contribution < 1.29 is 13.9 Å². The zero-order valence-electron chi connectivity index (χ0n) is 16.4. The SMILES string of the molecule is CN=C(NCc1cc(C(=O)OC)c(C)o1)N1CC=C(c2ccccc2)CC1.I. The molecule has 2 heterocycles. The quantitative estimate of drug-likeness (QED) is 0.302. The lowest BCUT2D eigenvalue weighted by molar-refractivity contribution is 0.0599. The number of methoxy groups -OCH3 is 1. The number of benzene rings is 1. The average molecular weight is 495 g/mol. The van der Waals surface area contributed by atoms with Crippen LogP contribution in [0.4, 0.5) is 0 Å². The van der Waals surface area contributed by atoms with E-state index in [2.05, 4.69) is 45.6 Å². The number of aryl methyl sites for hydroxylation is 1. The van der Waals surface area contributed by atoms with E-state index in [4.69, 9.17) is 9.15 Å². The Labute approximate surface area is 182 Å². The van der Waals surface area contributed by atoms with E-state index in [1.165, 1.54) is 18.2 Å². The van der Waals surface area contributed by atoms with Gasteiger partial charge in [0.15, 0.2) is 5.96 Å². The molecule has 0 amide bonds. The molecule has 0 atom stereocenters. The van der Waals surface area contributed by atoms with Crippen LogP contribution in [0.1, 0.15) is 33.9 Å². The third-order valence-corrected chi connectivity index (χ3v) is 4.66. The molecule has 1 N–H and O–H groups in total. The summed E-state index contributed by atoms with van der Waals surface area (Å²) in [6.07, 6.45) is 3.22. The Morgan fingerprint density at radius 1 is 1.32 bits per heavy atom. The maximum atomic E-state index is 11.7. The molecule has 28 heavy (non-hydrogen) atoms. The molecular weight excluding hydrogens is 469 g/mol. The minimum atomic E-state index is -0.388. The van der Waals surface area contributed by atoms with E-state index in [9.17, 15) is 4.79 Å². The Morgan fingerprint density at radius 2 is 2.07 bits per heavy atom. The van der Waals surface area contributed by atoms with Gasteiger partial charge in [-0.15, -0.1) is 24.0 Å². The second kappa shape index (κ2) is 10.3. The van der Waals surface area contributed by atoms with Crippen LogP contribution >= 0.6 is 24.0 Å². The molecule has 0 aliphatic carbocycles. The Bertz CT molecular complexity index is 859. The maximum absolute atomic E-state index is 11.7. The molecule has 1 aromatic carbocycles. The van der Waals surface area contributed by atoms with Crippen LogP contribution in [0.15, 0.2) is 51.9 Å². The molecule has 1 aliphatic rings. The van der Waals surface area contributed by atoms with Crippen molar-refractivity contribution >= 4 is 41.5 Å². The molecule has 0 saturated carbocycles. The molecule has 0 radical (unpaired) electrons. The van der Waals surface area contributed by atoms with Gasteiger partial charge in [0.25, 0.3) is 0 Å². The third kappa shape index (κ3) is 5.15. The molecule has 2 aromatic rings. The molecule has 0 bridgehead atoms. The molecule has 0 spiro atoms. The highest BCUT2D eigenvalue weighted by molar-refractivity contribution is 14.0. The molecule has 7 heteroatoms. The van der Waals surface area contributed by atoms with Crippen LogP contribution in [-0.4, -0.2) is 44.1 Å². The smallest absolute Gasteiger partial charge is 0.341 e. The number of carbonyl (C=O) groups is 1. The van der Waals surface area contributed by atoms with Crippen molar-refractivity contribution in [1.29, 1.82) is 0 Å². The van der Waals surface area contributed by atoms with Gasteiger partial charge in [-0.3, -0.25) is 4.99 Å². The fourth-order valence-electron chi connectivity index (χ4n) is 3.22. The first-order valence-corrected chi connectivity index (χ1v) is 9.00. The van der Waals surface area contributed by atoms with Crippen LogP contribution in [0.5, 0.6) is 0 Å². The molecule has 1 aromatic heterocycles. The van der Waals surface area contributed by atoms with Gasteiger partial charge in [-0.2, -0.15) is 0 Å². The number of ether oxygens (including phenoxy) is 1. The number of hydrogen-bond donors (Lipinski definition) is 1. The van der Waals surface area contributed by atoms with Gasteiger partial charge in [0.1, 0.15) is 17.1 Å². The lowest BCUT2D eigenvalue weighted by Gasteiger charge is -2.29. The largest absolute Gasteiger partial charge is 0.465 e. The highest BCUT2D eigenvalue weighted by Crippen LogP contribution is 2.22. The van der Waals surface area contributed by atoms with E-state index >= 15 is 0 Å². The number of rotatable bonds is 4. The Hall–Kier alpha value is -2.29. The lowest BCUT2D eigenvalue weighted by Crippen LogP contribution is -2.43. The first-order valence-electron chi connectivity index (χ1n) is 9.00. The summed E-state index contributed by atoms with van der Waals surface area (Å²) in [6.45, 7) is 3.90. The fourth-order valence-corrected chi connectivity index (χ4v) is 3.22. The first-order chi connectivity index (χ1) is 13.1. The zero-order chi connectivity index (χ0) is 19.2. The highest BCUT2D eigenvalue weighted by Gasteiger charge is 2.18. The molecule has 0 saturated heterocycles. The van der Waals surface area contributed by atoms with E-state index in [-0.39, 0.29) is 29.9 Å². The van der Waals surface area contributed by atoms with Gasteiger partial charge < -0.3 is 19.4 Å². The number of aliphatic imine (C=N–C) groups is 1. The van der Waals surface area contributed by atoms with Crippen LogP contribution < -0.4 is 5.32 Å². The molecule has 3 rings (SSSR count). The normalized spacial score (nSPS) is 14.2. The summed E-state index contributed by atoms with van der Waals surface area (Å²) in [5, 5.41) is 3.31. The third-order valence-electron chi connectivity index (χ3n) is 4.66. The van der Waals surface area contributed by atoms with E-state index in [1.54, 1.807) is 20.0 Å². The van der Waals surface area contributed by atoms with Crippen molar-refractivity contribution in [3.63, 3.8) is 0 Å². The van der Waals surface area contributed by atoms with E-state index in [0.717, 1.165) is 25.5 Å². The summed E-state index contributed by atoms with van der Waals surface area (Å²) in [4.78, 5) is 18.3. The van der Waals surface area contributed by atoms with Gasteiger partial charge in [0.2, 0.25) is 0 Å². The minimum absolute atomic E-state index is 0. The summed E-state index contributed by atoms with van der Waals surface area (Å²) in [6, 6.07) is 12.2. The van der Waals surface area contributed by atoms with Gasteiger partial charge in [-0.1, -0.05) is 36.4 Å². The number of esters is 1. The molecular formula is C21H26IN3O3. The van der Waals surface area contributed by atoms with Gasteiger partial charge in [0.05, 0.1) is 13.7 Å². The predicted octanol–water partition coefficient (Wildman–Crippen LogP) is 3.86. The van der Waals surface area contributed by atoms with Crippen molar-refractivity contribution in [1.82, 2.24) is 10.2 Å². The first kappa shape index (κ1) is 22.0. The van der Waals surface area contributed by atoms with E-state index in [0.29, 0.717) is 23.6 Å². The van der Waals surface area contributed by atoms with Crippen molar-refractivity contribution in [3.8, 4) is 0 Å². The number of nitrogens with zero attached hydrogens (tertiary/aromatic N) is 2. The molecule has 6 nitrogen and oxygen atoms in total. The van der Waals surface area contributed by atoms with Gasteiger partial charge in [-0.05, 0) is 30.5 Å². The number of carbonyl (C=O) groups excluding carboxylic acids is 1. The lowest BCUT2D eigenvalue weighted by atomic mass is 10.00. The molecule has 0 unspecified atom stereocenters. The summed E-state index contributed by atoms with van der Waals surface area (Å²) in [7, 11) is 3.13. The summed E-state index contributed by atoms with van der Waals surface area (Å²) >= 11 is 0. The van der Waals surface area contributed by atoms with Crippen molar-refractivity contribution in [3.05, 3.63) is 65.1 Å². The van der Waals surface area contributed by atoms with Gasteiger partial charge >= 0.3 is 5.97 Å². The maximum Gasteiger partial charge on any atom is 0.341 e. The van der Waals surface area contributed by atoms with Crippen LogP contribution in [-0.2, 0) is 11.3 Å². The number of halogens is 1. The van der Waals surface area contributed by atoms with Crippen molar-refractivity contribution in [2.24, 2.45) is 4.99 Å². The van der Waals surface area contributed by atoms with E-state index in [1.807, 2.05) is 6.07 Å². The molecule has 0 fully saturated rings. The monoisotopic (exact) mass is 495 g/mol. The fraction of sp³-hybridized carbons (Fsp3) is 0.333. The summed E-state index contributed by atoms with van der Waals surface area (Å²) in [5.41, 5.74) is 3.10. The van der Waals surface area contributed by atoms with Crippen LogP contribution in [0.25, 0.3) is 5.57 Å². The van der Waals surface area contributed by atoms with Gasteiger partial charge in [-0.25, -0.2) is 4.79 Å². The highest BCUT2D eigenvalue weighted by atomic mass is 127. The number of guanidine groups is 1. The second-order valence-corrected chi connectivity index (χ2v) is 6.37. The molecule has 150 valence electrons. The predicted molar refractivity (Wildman–Crippen MR) is 121 cm³/mol. The minimum Gasteiger partial charge on any atom is -0.465 e. The van der Waals surface area contributed by atoms with Crippen LogP contribution in [0.2, 0.25) is 0 Å². The average Bonchev–Trinajstić information content (AvgIpc) is 3.09. The Balaban J connectivity index is 0.00000280. The zero-order valence-corrected chi connectivity index (χ0v) is 18.7. The van der Waals surface area contributed by atoms with E-state index < -0.39 is 0 Å². The van der Waals surface area contributed by atoms with Crippen LogP contribution in [0, 0.1) is 6.92 Å². The second-order valence-electron chi connectivity index (χ2n) is 6.37. The Kier molecular flexibility index (Phi) is 8.10.